The Bertz CT molecular complexity index is 625. The number of methoxy groups -OCH3 is 3. The fourth-order valence-electron chi connectivity index (χ4n) is 1.88. The van der Waals surface area contributed by atoms with E-state index < -0.39 is 5.82 Å². The van der Waals surface area contributed by atoms with Crippen molar-refractivity contribution in [3.63, 3.8) is 0 Å². The third-order valence-electron chi connectivity index (χ3n) is 2.95. The van der Waals surface area contributed by atoms with Crippen molar-refractivity contribution in [1.82, 2.24) is 0 Å². The number of benzene rings is 2. The summed E-state index contributed by atoms with van der Waals surface area (Å²) in [6.07, 6.45) is 0. The van der Waals surface area contributed by atoms with E-state index in [1.807, 2.05) is 0 Å². The summed E-state index contributed by atoms with van der Waals surface area (Å²) < 4.78 is 29.4. The molecule has 0 unspecified atom stereocenters. The number of nitrogens with two attached hydrogens (primary N) is 1. The topological polar surface area (TPSA) is 65.7 Å². The lowest BCUT2D eigenvalue weighted by atomic mass is 10.2. The maximum Gasteiger partial charge on any atom is 0.148 e. The third kappa shape index (κ3) is 3.28. The van der Waals surface area contributed by atoms with Gasteiger partial charge in [0.25, 0.3) is 0 Å². The lowest BCUT2D eigenvalue weighted by Crippen LogP contribution is -1.99. The van der Waals surface area contributed by atoms with Crippen LogP contribution >= 0.6 is 0 Å². The molecule has 2 aromatic carbocycles. The first kappa shape index (κ1) is 14.8. The van der Waals surface area contributed by atoms with Crippen LogP contribution in [0.25, 0.3) is 0 Å². The molecule has 0 aromatic heterocycles. The normalized spacial score (nSPS) is 10.1. The molecule has 0 heterocycles. The Balaban J connectivity index is 2.37. The number of rotatable bonds is 5. The number of nitrogen functional groups attached to an aromatic ring is 1. The lowest BCUT2D eigenvalue weighted by molar-refractivity contribution is 0.395. The van der Waals surface area contributed by atoms with Crippen LogP contribution in [0.1, 0.15) is 0 Å². The number of halogens is 1. The molecule has 5 nitrogen and oxygen atoms in total. The average molecular weight is 292 g/mol. The molecule has 0 amide bonds. The quantitative estimate of drug-likeness (QED) is 0.829. The monoisotopic (exact) mass is 292 g/mol. The van der Waals surface area contributed by atoms with E-state index in [0.29, 0.717) is 22.9 Å². The van der Waals surface area contributed by atoms with Crippen LogP contribution in [0, 0.1) is 5.82 Å². The molecule has 0 aliphatic carbocycles. The summed E-state index contributed by atoms with van der Waals surface area (Å²) in [6.45, 7) is 0. The van der Waals surface area contributed by atoms with Crippen LogP contribution in [0.2, 0.25) is 0 Å². The highest BCUT2D eigenvalue weighted by Crippen LogP contribution is 2.32. The smallest absolute Gasteiger partial charge is 0.148 e. The second kappa shape index (κ2) is 6.21. The van der Waals surface area contributed by atoms with E-state index in [2.05, 4.69) is 5.32 Å². The first-order valence-corrected chi connectivity index (χ1v) is 6.20. The Morgan fingerprint density at radius 2 is 1.52 bits per heavy atom. The minimum absolute atomic E-state index is 0.240. The van der Waals surface area contributed by atoms with Crippen LogP contribution in [0.15, 0.2) is 30.3 Å². The maximum absolute atomic E-state index is 14.0. The molecule has 0 spiro atoms. The number of hydrogen-bond acceptors (Lipinski definition) is 5. The van der Waals surface area contributed by atoms with E-state index in [1.54, 1.807) is 32.4 Å². The van der Waals surface area contributed by atoms with Gasteiger partial charge in [-0.1, -0.05) is 0 Å². The van der Waals surface area contributed by atoms with Gasteiger partial charge in [0, 0.05) is 36.0 Å². The van der Waals surface area contributed by atoms with Gasteiger partial charge in [0.15, 0.2) is 0 Å². The van der Waals surface area contributed by atoms with Crippen molar-refractivity contribution in [3.05, 3.63) is 36.1 Å². The first-order valence-electron chi connectivity index (χ1n) is 6.20. The molecule has 0 saturated carbocycles. The van der Waals surface area contributed by atoms with Crippen LogP contribution in [-0.2, 0) is 0 Å². The number of ether oxygens (including phenoxy) is 3. The first-order chi connectivity index (χ1) is 10.1. The second-order valence-electron chi connectivity index (χ2n) is 4.30. The van der Waals surface area contributed by atoms with Crippen molar-refractivity contribution in [2.24, 2.45) is 0 Å². The molecular weight excluding hydrogens is 275 g/mol. The van der Waals surface area contributed by atoms with Crippen molar-refractivity contribution in [2.45, 2.75) is 0 Å². The van der Waals surface area contributed by atoms with E-state index in [-0.39, 0.29) is 11.4 Å². The van der Waals surface area contributed by atoms with Gasteiger partial charge < -0.3 is 25.3 Å². The molecule has 0 aliphatic heterocycles. The van der Waals surface area contributed by atoms with Gasteiger partial charge in [-0.3, -0.25) is 0 Å². The minimum atomic E-state index is -0.477. The van der Waals surface area contributed by atoms with E-state index in [9.17, 15) is 4.39 Å². The van der Waals surface area contributed by atoms with Crippen molar-refractivity contribution < 1.29 is 18.6 Å². The zero-order valence-electron chi connectivity index (χ0n) is 12.1. The molecule has 0 saturated heterocycles. The third-order valence-corrected chi connectivity index (χ3v) is 2.95. The molecular formula is C15H17FN2O3. The summed E-state index contributed by atoms with van der Waals surface area (Å²) in [4.78, 5) is 0. The Kier molecular flexibility index (Phi) is 4.37. The zero-order valence-corrected chi connectivity index (χ0v) is 12.1. The van der Waals surface area contributed by atoms with E-state index >= 15 is 0 Å². The predicted octanol–water partition coefficient (Wildman–Crippen LogP) is 3.18. The van der Waals surface area contributed by atoms with Gasteiger partial charge in [-0.25, -0.2) is 4.39 Å². The largest absolute Gasteiger partial charge is 0.497 e. The maximum atomic E-state index is 14.0. The van der Waals surface area contributed by atoms with Crippen LogP contribution < -0.4 is 25.3 Å². The standard InChI is InChI=1S/C15H17FN2O3/c1-19-10-4-9(5-11(6-10)20-2)18-14-8-15(21-3)13(17)7-12(14)16/h4-8,18H,17H2,1-3H3. The average Bonchev–Trinajstić information content (AvgIpc) is 2.49. The highest BCUT2D eigenvalue weighted by Gasteiger charge is 2.10. The second-order valence-corrected chi connectivity index (χ2v) is 4.30. The Morgan fingerprint density at radius 1 is 0.905 bits per heavy atom. The molecule has 3 N–H and O–H groups in total. The summed E-state index contributed by atoms with van der Waals surface area (Å²) in [5.74, 6) is 1.11. The molecule has 0 aliphatic rings. The molecule has 2 rings (SSSR count). The van der Waals surface area contributed by atoms with Crippen LogP contribution in [-0.4, -0.2) is 21.3 Å². The summed E-state index contributed by atoms with van der Waals surface area (Å²) in [6, 6.07) is 7.88. The summed E-state index contributed by atoms with van der Waals surface area (Å²) in [5, 5.41) is 2.95. The highest BCUT2D eigenvalue weighted by atomic mass is 19.1. The highest BCUT2D eigenvalue weighted by molar-refractivity contribution is 5.69. The number of anilines is 3. The molecule has 112 valence electrons. The fourth-order valence-corrected chi connectivity index (χ4v) is 1.88. The van der Waals surface area contributed by atoms with Crippen molar-refractivity contribution in [2.75, 3.05) is 32.4 Å². The number of nitrogens with one attached hydrogen (secondary N) is 1. The SMILES string of the molecule is COc1cc(Nc2cc(OC)c(N)cc2F)cc(OC)c1. The van der Waals surface area contributed by atoms with E-state index in [1.165, 1.54) is 19.2 Å². The minimum Gasteiger partial charge on any atom is -0.497 e. The summed E-state index contributed by atoms with van der Waals surface area (Å²) in [5.41, 5.74) is 6.76. The van der Waals surface area contributed by atoms with Crippen molar-refractivity contribution in [1.29, 1.82) is 0 Å². The Morgan fingerprint density at radius 3 is 2.05 bits per heavy atom. The lowest BCUT2D eigenvalue weighted by Gasteiger charge is -2.13. The van der Waals surface area contributed by atoms with Gasteiger partial charge in [-0.2, -0.15) is 0 Å². The molecule has 21 heavy (non-hydrogen) atoms. The van der Waals surface area contributed by atoms with E-state index in [4.69, 9.17) is 19.9 Å². The van der Waals surface area contributed by atoms with E-state index in [0.717, 1.165) is 0 Å². The van der Waals surface area contributed by atoms with Gasteiger partial charge in [-0.15, -0.1) is 0 Å². The molecule has 0 bridgehead atoms. The molecule has 0 fully saturated rings. The van der Waals surface area contributed by atoms with Gasteiger partial charge in [0.1, 0.15) is 23.1 Å². The van der Waals surface area contributed by atoms with Crippen molar-refractivity contribution >= 4 is 17.1 Å². The molecule has 2 aromatic rings. The molecule has 6 heteroatoms. The van der Waals surface area contributed by atoms with Gasteiger partial charge in [0.05, 0.1) is 32.7 Å². The Labute approximate surface area is 122 Å². The van der Waals surface area contributed by atoms with Crippen LogP contribution in [0.3, 0.4) is 0 Å². The summed E-state index contributed by atoms with van der Waals surface area (Å²) in [7, 11) is 4.57. The van der Waals surface area contributed by atoms with Crippen LogP contribution in [0.5, 0.6) is 17.2 Å². The number of hydrogen-bond donors (Lipinski definition) is 2. The predicted molar refractivity (Wildman–Crippen MR) is 80.2 cm³/mol. The van der Waals surface area contributed by atoms with Crippen LogP contribution in [0.4, 0.5) is 21.5 Å². The zero-order chi connectivity index (χ0) is 15.4. The fraction of sp³-hybridized carbons (Fsp3) is 0.200. The Hall–Kier alpha value is -2.63. The van der Waals surface area contributed by atoms with Gasteiger partial charge in [0.2, 0.25) is 0 Å². The van der Waals surface area contributed by atoms with Gasteiger partial charge in [-0.05, 0) is 0 Å². The summed E-state index contributed by atoms with van der Waals surface area (Å²) >= 11 is 0. The molecule has 0 radical (unpaired) electrons. The van der Waals surface area contributed by atoms with Gasteiger partial charge >= 0.3 is 0 Å². The van der Waals surface area contributed by atoms with Crippen molar-refractivity contribution in [3.8, 4) is 17.2 Å². The molecule has 0 atom stereocenters.